The summed E-state index contributed by atoms with van der Waals surface area (Å²) in [5.74, 6) is 4.47. The van der Waals surface area contributed by atoms with Gasteiger partial charge in [-0.15, -0.1) is 5.92 Å². The largest absolute Gasteiger partial charge is 0.504 e. The van der Waals surface area contributed by atoms with Crippen molar-refractivity contribution in [1.82, 2.24) is 5.32 Å². The van der Waals surface area contributed by atoms with Crippen LogP contribution >= 0.6 is 0 Å². The molecular formula is C17H23N3O4. The number of nitrogens with two attached hydrogens (primary N) is 2. The van der Waals surface area contributed by atoms with Gasteiger partial charge in [-0.05, 0) is 37.5 Å². The van der Waals surface area contributed by atoms with Gasteiger partial charge in [0, 0.05) is 13.0 Å². The van der Waals surface area contributed by atoms with Gasteiger partial charge in [-0.25, -0.2) is 0 Å². The molecule has 0 aliphatic rings. The van der Waals surface area contributed by atoms with E-state index in [0.29, 0.717) is 24.9 Å². The normalized spacial score (nSPS) is 12.6. The molecule has 0 saturated carbocycles. The third kappa shape index (κ3) is 6.69. The topological polar surface area (TPSA) is 139 Å². The third-order valence-electron chi connectivity index (χ3n) is 3.31. The molecule has 0 heterocycles. The first kappa shape index (κ1) is 19.5. The zero-order chi connectivity index (χ0) is 18.1. The number of aromatic hydroxyl groups is 2. The monoisotopic (exact) mass is 333 g/mol. The van der Waals surface area contributed by atoms with Gasteiger partial charge in [-0.2, -0.15) is 0 Å². The molecule has 1 aromatic carbocycles. The molecule has 2 atom stereocenters. The van der Waals surface area contributed by atoms with Crippen LogP contribution in [0.15, 0.2) is 18.2 Å². The fourth-order valence-corrected chi connectivity index (χ4v) is 1.85. The number of amides is 1. The standard InChI is InChI=1S/C17H23N3O4/c1-11(21)13(18)5-3-2-4-8-20-17(24)14(19)9-12-6-7-15(22)16(23)10-12/h6-7,10,13-14,22-23H,2,4,8-9,18-19H2,1H3,(H,20,24)/t13-,14?/m0/s1. The predicted octanol–water partition coefficient (Wildman–Crippen LogP) is -0.216. The lowest BCUT2D eigenvalue weighted by Gasteiger charge is -2.12. The van der Waals surface area contributed by atoms with Crippen molar-refractivity contribution in [2.75, 3.05) is 6.54 Å². The maximum atomic E-state index is 11.9. The maximum absolute atomic E-state index is 11.9. The van der Waals surface area contributed by atoms with E-state index < -0.39 is 12.1 Å². The molecule has 0 saturated heterocycles. The lowest BCUT2D eigenvalue weighted by Crippen LogP contribution is -2.42. The van der Waals surface area contributed by atoms with E-state index in [-0.39, 0.29) is 29.6 Å². The smallest absolute Gasteiger partial charge is 0.237 e. The number of rotatable bonds is 7. The van der Waals surface area contributed by atoms with Crippen molar-refractivity contribution in [2.24, 2.45) is 11.5 Å². The number of phenolic OH excluding ortho intramolecular Hbond substituents is 2. The molecule has 0 radical (unpaired) electrons. The highest BCUT2D eigenvalue weighted by atomic mass is 16.3. The molecule has 1 aromatic rings. The molecule has 7 nitrogen and oxygen atoms in total. The van der Waals surface area contributed by atoms with Crippen molar-refractivity contribution in [3.05, 3.63) is 23.8 Å². The Morgan fingerprint density at radius 1 is 1.25 bits per heavy atom. The molecule has 1 unspecified atom stereocenters. The average molecular weight is 333 g/mol. The second-order valence-electron chi connectivity index (χ2n) is 5.44. The molecule has 0 aliphatic heterocycles. The van der Waals surface area contributed by atoms with Gasteiger partial charge >= 0.3 is 0 Å². The number of carbonyl (C=O) groups is 2. The third-order valence-corrected chi connectivity index (χ3v) is 3.31. The van der Waals surface area contributed by atoms with Crippen LogP contribution in [0.4, 0.5) is 0 Å². The van der Waals surface area contributed by atoms with Crippen LogP contribution in [-0.4, -0.2) is 40.5 Å². The van der Waals surface area contributed by atoms with E-state index in [1.807, 2.05) is 0 Å². The van der Waals surface area contributed by atoms with Crippen LogP contribution < -0.4 is 16.8 Å². The molecule has 0 spiro atoms. The first-order valence-corrected chi connectivity index (χ1v) is 7.60. The Kier molecular flexibility index (Phi) is 7.75. The van der Waals surface area contributed by atoms with E-state index in [1.165, 1.54) is 19.1 Å². The lowest BCUT2D eigenvalue weighted by atomic mass is 10.1. The molecular weight excluding hydrogens is 310 g/mol. The van der Waals surface area contributed by atoms with Crippen LogP contribution in [0.25, 0.3) is 0 Å². The lowest BCUT2D eigenvalue weighted by molar-refractivity contribution is -0.122. The molecule has 0 aliphatic carbocycles. The van der Waals surface area contributed by atoms with Gasteiger partial charge in [-0.1, -0.05) is 12.0 Å². The number of Topliss-reactive ketones (excluding diaryl/α,β-unsaturated/α-hetero) is 1. The molecule has 1 amide bonds. The minimum absolute atomic E-state index is 0.179. The molecule has 0 bridgehead atoms. The van der Waals surface area contributed by atoms with Crippen LogP contribution in [0.2, 0.25) is 0 Å². The summed E-state index contributed by atoms with van der Waals surface area (Å²) in [7, 11) is 0. The number of nitrogens with one attached hydrogen (secondary N) is 1. The number of unbranched alkanes of at least 4 members (excludes halogenated alkanes) is 1. The van der Waals surface area contributed by atoms with E-state index in [4.69, 9.17) is 11.5 Å². The molecule has 130 valence electrons. The van der Waals surface area contributed by atoms with Gasteiger partial charge < -0.3 is 27.0 Å². The van der Waals surface area contributed by atoms with E-state index in [9.17, 15) is 19.8 Å². The van der Waals surface area contributed by atoms with Gasteiger partial charge in [0.2, 0.25) is 5.91 Å². The summed E-state index contributed by atoms with van der Waals surface area (Å²) in [5.41, 5.74) is 11.9. The van der Waals surface area contributed by atoms with Crippen LogP contribution in [0.3, 0.4) is 0 Å². The summed E-state index contributed by atoms with van der Waals surface area (Å²) in [6.45, 7) is 1.80. The molecule has 0 fully saturated rings. The highest BCUT2D eigenvalue weighted by Gasteiger charge is 2.14. The maximum Gasteiger partial charge on any atom is 0.237 e. The van der Waals surface area contributed by atoms with Crippen molar-refractivity contribution in [2.45, 2.75) is 38.3 Å². The number of hydrogen-bond donors (Lipinski definition) is 5. The van der Waals surface area contributed by atoms with Gasteiger partial charge in [0.05, 0.1) is 6.04 Å². The van der Waals surface area contributed by atoms with Crippen molar-refractivity contribution in [3.63, 3.8) is 0 Å². The number of benzene rings is 1. The quantitative estimate of drug-likeness (QED) is 0.266. The average Bonchev–Trinajstić information content (AvgIpc) is 2.53. The van der Waals surface area contributed by atoms with Crippen molar-refractivity contribution < 1.29 is 19.8 Å². The summed E-state index contributed by atoms with van der Waals surface area (Å²) in [6.07, 6.45) is 1.38. The second kappa shape index (κ2) is 9.55. The van der Waals surface area contributed by atoms with Gasteiger partial charge in [-0.3, -0.25) is 9.59 Å². The molecule has 24 heavy (non-hydrogen) atoms. The SMILES string of the molecule is CC(=O)[C@@H](N)C#CCCCNC(=O)C(N)Cc1ccc(O)c(O)c1. The zero-order valence-electron chi connectivity index (χ0n) is 13.6. The van der Waals surface area contributed by atoms with Crippen molar-refractivity contribution >= 4 is 11.7 Å². The molecule has 0 aromatic heterocycles. The number of hydrogen-bond acceptors (Lipinski definition) is 6. The van der Waals surface area contributed by atoms with Gasteiger partial charge in [0.1, 0.15) is 6.04 Å². The Bertz CT molecular complexity index is 649. The van der Waals surface area contributed by atoms with E-state index in [0.717, 1.165) is 0 Å². The summed E-state index contributed by atoms with van der Waals surface area (Å²) < 4.78 is 0. The van der Waals surface area contributed by atoms with Gasteiger partial charge in [0.15, 0.2) is 17.3 Å². The van der Waals surface area contributed by atoms with E-state index in [2.05, 4.69) is 17.2 Å². The summed E-state index contributed by atoms with van der Waals surface area (Å²) in [5, 5.41) is 21.4. The zero-order valence-corrected chi connectivity index (χ0v) is 13.6. The van der Waals surface area contributed by atoms with Crippen LogP contribution in [0.5, 0.6) is 11.5 Å². The summed E-state index contributed by atoms with van der Waals surface area (Å²) in [6, 6.07) is 2.80. The van der Waals surface area contributed by atoms with Gasteiger partial charge in [0.25, 0.3) is 0 Å². The van der Waals surface area contributed by atoms with E-state index >= 15 is 0 Å². The Hall–Kier alpha value is -2.56. The van der Waals surface area contributed by atoms with E-state index in [1.54, 1.807) is 6.07 Å². The Morgan fingerprint density at radius 3 is 2.58 bits per heavy atom. The first-order valence-electron chi connectivity index (χ1n) is 7.60. The first-order chi connectivity index (χ1) is 11.3. The second-order valence-corrected chi connectivity index (χ2v) is 5.44. The Morgan fingerprint density at radius 2 is 1.96 bits per heavy atom. The van der Waals surface area contributed by atoms with Crippen molar-refractivity contribution in [3.8, 4) is 23.3 Å². The summed E-state index contributed by atoms with van der Waals surface area (Å²) in [4.78, 5) is 22.8. The van der Waals surface area contributed by atoms with Crippen LogP contribution in [-0.2, 0) is 16.0 Å². The molecule has 1 rings (SSSR count). The number of ketones is 1. The molecule has 7 N–H and O–H groups in total. The van der Waals surface area contributed by atoms with Crippen molar-refractivity contribution in [1.29, 1.82) is 0 Å². The highest BCUT2D eigenvalue weighted by molar-refractivity contribution is 5.84. The Balaban J connectivity index is 2.32. The fourth-order valence-electron chi connectivity index (χ4n) is 1.85. The fraction of sp³-hybridized carbons (Fsp3) is 0.412. The van der Waals surface area contributed by atoms with Crippen LogP contribution in [0, 0.1) is 11.8 Å². The number of carbonyl (C=O) groups excluding carboxylic acids is 2. The Labute approximate surface area is 141 Å². The number of phenols is 2. The minimum atomic E-state index is -0.758. The molecule has 7 heteroatoms. The summed E-state index contributed by atoms with van der Waals surface area (Å²) >= 11 is 0. The highest BCUT2D eigenvalue weighted by Crippen LogP contribution is 2.25. The minimum Gasteiger partial charge on any atom is -0.504 e. The predicted molar refractivity (Wildman–Crippen MR) is 90.1 cm³/mol. The van der Waals surface area contributed by atoms with Crippen LogP contribution in [0.1, 0.15) is 25.3 Å².